The minimum Gasteiger partial charge on any atom is -0.449 e. The third kappa shape index (κ3) is 4.82. The lowest BCUT2D eigenvalue weighted by Crippen LogP contribution is -2.23. The van der Waals surface area contributed by atoms with Crippen LogP contribution in [0.5, 0.6) is 5.75 Å². The smallest absolute Gasteiger partial charge is 0.449 e. The van der Waals surface area contributed by atoms with Crippen LogP contribution in [-0.2, 0) is 13.0 Å². The molecule has 0 unspecified atom stereocenters. The third-order valence-electron chi connectivity index (χ3n) is 6.59. The summed E-state index contributed by atoms with van der Waals surface area (Å²) in [6.45, 7) is 4.68. The van der Waals surface area contributed by atoms with Crippen molar-refractivity contribution < 1.29 is 14.6 Å². The highest BCUT2D eigenvalue weighted by molar-refractivity contribution is 6.02. The van der Waals surface area contributed by atoms with Crippen molar-refractivity contribution in [2.75, 3.05) is 20.1 Å². The summed E-state index contributed by atoms with van der Waals surface area (Å²) in [6, 6.07) is 21.8. The Hall–Kier alpha value is -4.13. The van der Waals surface area contributed by atoms with Gasteiger partial charge in [-0.2, -0.15) is 0 Å². The number of aromatic nitrogens is 2. The summed E-state index contributed by atoms with van der Waals surface area (Å²) in [5.74, 6) is 2.45. The van der Waals surface area contributed by atoms with Crippen molar-refractivity contribution in [2.24, 2.45) is 4.99 Å². The number of amidine groups is 1. The van der Waals surface area contributed by atoms with Crippen LogP contribution in [0, 0.1) is 0 Å². The van der Waals surface area contributed by atoms with Crippen LogP contribution in [-0.4, -0.2) is 51.7 Å². The number of benzene rings is 3. The lowest BCUT2D eigenvalue weighted by atomic mass is 10.0. The molecule has 0 saturated heterocycles. The van der Waals surface area contributed by atoms with Gasteiger partial charge in [0.05, 0.1) is 17.6 Å². The Morgan fingerprint density at radius 1 is 1.06 bits per heavy atom. The highest BCUT2D eigenvalue weighted by atomic mass is 16.7. The molecule has 3 aromatic carbocycles. The number of carbonyl (C=O) groups is 1. The average Bonchev–Trinajstić information content (AvgIpc) is 3.46. The molecule has 7 heteroatoms. The Bertz CT molecular complexity index is 1420. The molecule has 7 nitrogen and oxygen atoms in total. The number of unbranched alkanes of at least 4 members (excludes halogenated alkanes) is 1. The van der Waals surface area contributed by atoms with Crippen molar-refractivity contribution in [1.29, 1.82) is 0 Å². The third-order valence-corrected chi connectivity index (χ3v) is 6.59. The number of fused-ring (bicyclic) bond motifs is 1. The maximum Gasteiger partial charge on any atom is 0.511 e. The van der Waals surface area contributed by atoms with E-state index in [1.165, 1.54) is 0 Å². The van der Waals surface area contributed by atoms with Gasteiger partial charge >= 0.3 is 6.16 Å². The molecule has 1 aromatic heterocycles. The molecule has 0 saturated carbocycles. The largest absolute Gasteiger partial charge is 0.511 e. The molecule has 0 fully saturated rings. The number of rotatable bonds is 8. The maximum atomic E-state index is 11.1. The van der Waals surface area contributed by atoms with Gasteiger partial charge in [0.1, 0.15) is 17.4 Å². The lowest BCUT2D eigenvalue weighted by molar-refractivity contribution is 0.144. The van der Waals surface area contributed by atoms with E-state index in [2.05, 4.69) is 53.8 Å². The van der Waals surface area contributed by atoms with Crippen LogP contribution in [0.1, 0.15) is 36.7 Å². The second-order valence-corrected chi connectivity index (χ2v) is 9.11. The summed E-state index contributed by atoms with van der Waals surface area (Å²) in [7, 11) is 2.08. The van der Waals surface area contributed by atoms with Crippen LogP contribution in [0.15, 0.2) is 71.7 Å². The molecule has 184 valence electrons. The number of ether oxygens (including phenoxy) is 1. The van der Waals surface area contributed by atoms with Crippen LogP contribution in [0.3, 0.4) is 0 Å². The van der Waals surface area contributed by atoms with E-state index in [9.17, 15) is 4.79 Å². The van der Waals surface area contributed by atoms with Crippen molar-refractivity contribution in [2.45, 2.75) is 32.7 Å². The first-order chi connectivity index (χ1) is 17.5. The Labute approximate surface area is 210 Å². The van der Waals surface area contributed by atoms with E-state index in [1.807, 2.05) is 24.3 Å². The molecule has 1 aliphatic rings. The molecule has 0 atom stereocenters. The Kier molecular flexibility index (Phi) is 6.71. The number of nitrogens with zero attached hydrogens (tertiary/aromatic N) is 4. The first kappa shape index (κ1) is 23.6. The number of hydrogen-bond donors (Lipinski definition) is 1. The van der Waals surface area contributed by atoms with Crippen molar-refractivity contribution >= 4 is 23.0 Å². The number of imidazole rings is 1. The number of para-hydroxylation sites is 1. The fourth-order valence-corrected chi connectivity index (χ4v) is 4.72. The number of aryl methyl sites for hydroxylation is 1. The first-order valence-electron chi connectivity index (χ1n) is 12.4. The Morgan fingerprint density at radius 3 is 2.56 bits per heavy atom. The molecule has 0 aliphatic carbocycles. The highest BCUT2D eigenvalue weighted by Crippen LogP contribution is 2.30. The van der Waals surface area contributed by atoms with E-state index in [-0.39, 0.29) is 0 Å². The Balaban J connectivity index is 1.48. The van der Waals surface area contributed by atoms with Crippen molar-refractivity contribution in [3.63, 3.8) is 0 Å². The molecule has 36 heavy (non-hydrogen) atoms. The zero-order valence-corrected chi connectivity index (χ0v) is 20.6. The van der Waals surface area contributed by atoms with E-state index in [4.69, 9.17) is 19.8 Å². The molecular weight excluding hydrogens is 452 g/mol. The second-order valence-electron chi connectivity index (χ2n) is 9.11. The minimum absolute atomic E-state index is 0.326. The summed E-state index contributed by atoms with van der Waals surface area (Å²) in [6.07, 6.45) is 1.81. The van der Waals surface area contributed by atoms with Gasteiger partial charge in [0.2, 0.25) is 0 Å². The Morgan fingerprint density at radius 2 is 1.83 bits per heavy atom. The van der Waals surface area contributed by atoms with Crippen LogP contribution in [0.4, 0.5) is 4.79 Å². The topological polar surface area (TPSA) is 80.0 Å². The van der Waals surface area contributed by atoms with E-state index < -0.39 is 6.16 Å². The number of aliphatic imine (C=N–C) groups is 1. The second kappa shape index (κ2) is 10.2. The molecule has 0 amide bonds. The zero-order valence-electron chi connectivity index (χ0n) is 20.6. The van der Waals surface area contributed by atoms with Gasteiger partial charge in [0, 0.05) is 37.7 Å². The minimum atomic E-state index is -1.32. The molecular formula is C29H30N4O3. The van der Waals surface area contributed by atoms with Gasteiger partial charge in [-0.15, -0.1) is 0 Å². The molecule has 4 aromatic rings. The molecule has 2 heterocycles. The average molecular weight is 483 g/mol. The lowest BCUT2D eigenvalue weighted by Gasteiger charge is -2.15. The van der Waals surface area contributed by atoms with Gasteiger partial charge in [-0.25, -0.2) is 9.78 Å². The predicted molar refractivity (Wildman–Crippen MR) is 142 cm³/mol. The fraction of sp³-hybridized carbons (Fsp3) is 0.276. The number of carboxylic acid groups (broad SMARTS) is 1. The molecule has 1 N–H and O–H groups in total. The normalized spacial score (nSPS) is 13.3. The monoisotopic (exact) mass is 482 g/mol. The van der Waals surface area contributed by atoms with Crippen LogP contribution < -0.4 is 4.74 Å². The van der Waals surface area contributed by atoms with Crippen LogP contribution in [0.2, 0.25) is 0 Å². The van der Waals surface area contributed by atoms with Crippen molar-refractivity contribution in [1.82, 2.24) is 14.5 Å². The van der Waals surface area contributed by atoms with Crippen LogP contribution >= 0.6 is 0 Å². The highest BCUT2D eigenvalue weighted by Gasteiger charge is 2.18. The molecule has 1 aliphatic heterocycles. The quantitative estimate of drug-likeness (QED) is 0.252. The van der Waals surface area contributed by atoms with Crippen LogP contribution in [0.25, 0.3) is 22.2 Å². The maximum absolute atomic E-state index is 11.1. The van der Waals surface area contributed by atoms with Crippen molar-refractivity contribution in [3.8, 4) is 16.9 Å². The van der Waals surface area contributed by atoms with Gasteiger partial charge < -0.3 is 19.3 Å². The molecule has 0 bridgehead atoms. The summed E-state index contributed by atoms with van der Waals surface area (Å²) in [5.41, 5.74) is 6.04. The number of likely N-dealkylation sites (N-methyl/N-ethyl adjacent to an activating group) is 1. The predicted octanol–water partition coefficient (Wildman–Crippen LogP) is 5.84. The first-order valence-corrected chi connectivity index (χ1v) is 12.4. The van der Waals surface area contributed by atoms with E-state index >= 15 is 0 Å². The summed E-state index contributed by atoms with van der Waals surface area (Å²) < 4.78 is 7.29. The van der Waals surface area contributed by atoms with E-state index in [1.54, 1.807) is 12.1 Å². The van der Waals surface area contributed by atoms with Gasteiger partial charge in [0.15, 0.2) is 0 Å². The SMILES string of the molecule is CCCCc1nc2ccc(C3=NCCN3C)cc2n1Cc1ccc(-c2ccccc2OC(=O)O)cc1. The van der Waals surface area contributed by atoms with E-state index in [0.717, 1.165) is 77.3 Å². The van der Waals surface area contributed by atoms with Crippen molar-refractivity contribution in [3.05, 3.63) is 83.7 Å². The van der Waals surface area contributed by atoms with Gasteiger partial charge in [-0.3, -0.25) is 4.99 Å². The molecule has 0 spiro atoms. The van der Waals surface area contributed by atoms with Gasteiger partial charge in [0.25, 0.3) is 0 Å². The summed E-state index contributed by atoms with van der Waals surface area (Å²) in [4.78, 5) is 23.0. The summed E-state index contributed by atoms with van der Waals surface area (Å²) >= 11 is 0. The van der Waals surface area contributed by atoms with E-state index in [0.29, 0.717) is 12.3 Å². The fourth-order valence-electron chi connectivity index (χ4n) is 4.72. The molecule has 0 radical (unpaired) electrons. The number of hydrogen-bond acceptors (Lipinski definition) is 5. The zero-order chi connectivity index (χ0) is 25.1. The molecule has 5 rings (SSSR count). The summed E-state index contributed by atoms with van der Waals surface area (Å²) in [5, 5.41) is 9.06. The standard InChI is InChI=1S/C29H30N4O3/c1-3-4-9-27-31-24-15-14-22(28-30-16-17-32(28)2)18-25(24)33(27)19-20-10-12-21(13-11-20)23-7-5-6-8-26(23)36-29(34)35/h5-8,10-15,18H,3-4,9,16-17,19H2,1-2H3,(H,34,35). The van der Waals surface area contributed by atoms with Gasteiger partial charge in [-0.05, 0) is 41.8 Å². The van der Waals surface area contributed by atoms with Gasteiger partial charge in [-0.1, -0.05) is 55.8 Å².